The fourth-order valence-electron chi connectivity index (χ4n) is 5.62. The Morgan fingerprint density at radius 1 is 0.826 bits per heavy atom. The first-order valence-electron chi connectivity index (χ1n) is 13.9. The Hall–Kier alpha value is -6.13. The van der Waals surface area contributed by atoms with Gasteiger partial charge >= 0.3 is 0 Å². The van der Waals surface area contributed by atoms with Gasteiger partial charge in [0, 0.05) is 52.9 Å². The molecule has 0 radical (unpaired) electrons. The molecule has 0 saturated carbocycles. The van der Waals surface area contributed by atoms with Crippen molar-refractivity contribution in [2.45, 2.75) is 16.4 Å². The number of hydrazine groups is 1. The second-order valence-corrected chi connectivity index (χ2v) is 10.8. The highest BCUT2D eigenvalue weighted by Crippen LogP contribution is 2.61. The molecule has 1 aromatic carbocycles. The van der Waals surface area contributed by atoms with Gasteiger partial charge in [0.05, 0.1) is 23.6 Å². The Morgan fingerprint density at radius 2 is 1.70 bits per heavy atom. The largest absolute Gasteiger partial charge is 0.467 e. The van der Waals surface area contributed by atoms with E-state index in [0.29, 0.717) is 40.1 Å². The first kappa shape index (κ1) is 27.4. The van der Waals surface area contributed by atoms with Gasteiger partial charge in [0.15, 0.2) is 17.6 Å². The van der Waals surface area contributed by atoms with E-state index in [9.17, 15) is 0 Å². The van der Waals surface area contributed by atoms with Crippen molar-refractivity contribution in [1.82, 2.24) is 60.3 Å². The van der Waals surface area contributed by atoms with Gasteiger partial charge in [-0.3, -0.25) is 15.0 Å². The molecule has 16 heteroatoms. The SMILES string of the molecule is c1ccc(SN2N(c3conn3)C(c3nn[nH]n3)=C(c3ccccn3)C(c3cnccn3)C2(c2ncccn2)c2ccco2)cc1. The van der Waals surface area contributed by atoms with Crippen molar-refractivity contribution in [3.63, 3.8) is 0 Å². The molecule has 0 aliphatic carbocycles. The molecule has 8 rings (SSSR count). The van der Waals surface area contributed by atoms with Gasteiger partial charge in [0.2, 0.25) is 11.6 Å². The van der Waals surface area contributed by atoms with Crippen LogP contribution in [-0.2, 0) is 5.54 Å². The molecule has 7 aromatic rings. The summed E-state index contributed by atoms with van der Waals surface area (Å²) < 4.78 is 13.7. The van der Waals surface area contributed by atoms with Gasteiger partial charge in [-0.15, -0.1) is 14.6 Å². The van der Waals surface area contributed by atoms with Gasteiger partial charge in [-0.2, -0.15) is 5.21 Å². The molecule has 2 atom stereocenters. The van der Waals surface area contributed by atoms with Gasteiger partial charge < -0.3 is 8.94 Å². The van der Waals surface area contributed by atoms with E-state index in [-0.39, 0.29) is 5.82 Å². The van der Waals surface area contributed by atoms with Gasteiger partial charge in [0.1, 0.15) is 11.5 Å². The molecule has 2 unspecified atom stereocenters. The second kappa shape index (κ2) is 11.8. The number of pyridine rings is 1. The third kappa shape index (κ3) is 4.51. The lowest BCUT2D eigenvalue weighted by atomic mass is 9.71. The Morgan fingerprint density at radius 3 is 2.39 bits per heavy atom. The predicted octanol–water partition coefficient (Wildman–Crippen LogP) is 4.19. The van der Waals surface area contributed by atoms with E-state index in [4.69, 9.17) is 28.9 Å². The quantitative estimate of drug-likeness (QED) is 0.237. The maximum atomic E-state index is 6.36. The molecule has 1 aliphatic heterocycles. The molecule has 15 nitrogen and oxygen atoms in total. The number of furan rings is 1. The lowest BCUT2D eigenvalue weighted by Crippen LogP contribution is -2.59. The summed E-state index contributed by atoms with van der Waals surface area (Å²) in [6.45, 7) is 0. The molecule has 224 valence electrons. The lowest BCUT2D eigenvalue weighted by molar-refractivity contribution is 0.174. The van der Waals surface area contributed by atoms with Crippen LogP contribution in [0.4, 0.5) is 5.82 Å². The molecule has 46 heavy (non-hydrogen) atoms. The summed E-state index contributed by atoms with van der Waals surface area (Å²) >= 11 is 1.39. The van der Waals surface area contributed by atoms with Crippen LogP contribution in [0.5, 0.6) is 0 Å². The van der Waals surface area contributed by atoms with Crippen LogP contribution >= 0.6 is 11.9 Å². The van der Waals surface area contributed by atoms with Crippen LogP contribution in [0.25, 0.3) is 11.3 Å². The number of aromatic nitrogens is 11. The highest BCUT2D eigenvalue weighted by atomic mass is 32.2. The predicted molar refractivity (Wildman–Crippen MR) is 162 cm³/mol. The zero-order chi connectivity index (χ0) is 30.8. The summed E-state index contributed by atoms with van der Waals surface area (Å²) in [5.74, 6) is 0.704. The molecule has 6 aromatic heterocycles. The summed E-state index contributed by atoms with van der Waals surface area (Å²) in [4.78, 5) is 24.8. The van der Waals surface area contributed by atoms with Crippen molar-refractivity contribution in [3.05, 3.63) is 145 Å². The number of aromatic amines is 1. The summed E-state index contributed by atoms with van der Waals surface area (Å²) in [5, 5.41) is 25.4. The Labute approximate surface area is 264 Å². The molecular formula is C30H21N13O2S. The van der Waals surface area contributed by atoms with E-state index in [2.05, 4.69) is 36.0 Å². The van der Waals surface area contributed by atoms with Crippen LogP contribution < -0.4 is 5.01 Å². The van der Waals surface area contributed by atoms with Crippen LogP contribution in [-0.4, -0.2) is 60.3 Å². The van der Waals surface area contributed by atoms with E-state index in [1.165, 1.54) is 18.2 Å². The first-order valence-corrected chi connectivity index (χ1v) is 14.7. The van der Waals surface area contributed by atoms with Gasteiger partial charge in [-0.05, 0) is 59.6 Å². The van der Waals surface area contributed by atoms with Gasteiger partial charge in [-0.25, -0.2) is 15.0 Å². The maximum Gasteiger partial charge on any atom is 0.222 e. The molecule has 0 fully saturated rings. The highest BCUT2D eigenvalue weighted by Gasteiger charge is 2.62. The van der Waals surface area contributed by atoms with Crippen molar-refractivity contribution < 1.29 is 8.94 Å². The number of hydrogen-bond donors (Lipinski definition) is 1. The number of rotatable bonds is 8. The summed E-state index contributed by atoms with van der Waals surface area (Å²) in [6.07, 6.45) is 13.1. The molecule has 0 spiro atoms. The fourth-order valence-corrected chi connectivity index (χ4v) is 6.76. The smallest absolute Gasteiger partial charge is 0.222 e. The topological polar surface area (TPSA) is 177 Å². The van der Waals surface area contributed by atoms with Gasteiger partial charge in [-0.1, -0.05) is 29.4 Å². The monoisotopic (exact) mass is 627 g/mol. The molecular weight excluding hydrogens is 606 g/mol. The summed E-state index contributed by atoms with van der Waals surface area (Å²) in [7, 11) is 0. The fraction of sp³-hybridized carbons (Fsp3) is 0.0667. The third-order valence-corrected chi connectivity index (χ3v) is 8.44. The minimum absolute atomic E-state index is 0.248. The number of nitrogens with zero attached hydrogens (tertiary/aromatic N) is 12. The van der Waals surface area contributed by atoms with Crippen molar-refractivity contribution in [1.29, 1.82) is 0 Å². The number of H-pyrrole nitrogens is 1. The van der Waals surface area contributed by atoms with Crippen LogP contribution in [0.2, 0.25) is 0 Å². The molecule has 0 bridgehead atoms. The Kier molecular flexibility index (Phi) is 7.01. The highest BCUT2D eigenvalue weighted by molar-refractivity contribution is 7.97. The molecule has 1 aliphatic rings. The van der Waals surface area contributed by atoms with E-state index < -0.39 is 11.5 Å². The number of benzene rings is 1. The van der Waals surface area contributed by atoms with Crippen molar-refractivity contribution in [2.24, 2.45) is 0 Å². The van der Waals surface area contributed by atoms with Crippen LogP contribution in [0.15, 0.2) is 130 Å². The molecule has 0 amide bonds. The molecule has 0 saturated heterocycles. The van der Waals surface area contributed by atoms with E-state index in [1.54, 1.807) is 54.5 Å². The Bertz CT molecular complexity index is 2030. The third-order valence-electron chi connectivity index (χ3n) is 7.34. The maximum absolute atomic E-state index is 6.36. The first-order chi connectivity index (χ1) is 22.9. The zero-order valence-electron chi connectivity index (χ0n) is 23.6. The normalized spacial score (nSPS) is 18.6. The van der Waals surface area contributed by atoms with Crippen LogP contribution in [0.3, 0.4) is 0 Å². The summed E-state index contributed by atoms with van der Waals surface area (Å²) in [6, 6.07) is 20.9. The standard InChI is InChI=1S/C30H21N13O2S/c1-2-8-20(9-3-1)46-43-30(23-11-6-17-44-23,29-34-13-7-14-35-29)26(22-18-31-15-16-33-22)25(21-10-4-5-12-32-21)27(28-37-39-40-38-28)42(43)24-19-45-41-36-24/h1-19,26H,(H,37,38,39,40). The van der Waals surface area contributed by atoms with Crippen molar-refractivity contribution >= 4 is 29.0 Å². The lowest BCUT2D eigenvalue weighted by Gasteiger charge is -2.53. The van der Waals surface area contributed by atoms with Crippen LogP contribution in [0, 0.1) is 0 Å². The number of hydrogen-bond acceptors (Lipinski definition) is 15. The van der Waals surface area contributed by atoms with E-state index in [0.717, 1.165) is 4.90 Å². The average Bonchev–Trinajstić information content (AvgIpc) is 3.95. The van der Waals surface area contributed by atoms with E-state index >= 15 is 0 Å². The van der Waals surface area contributed by atoms with Gasteiger partial charge in [0.25, 0.3) is 0 Å². The molecule has 1 N–H and O–H groups in total. The van der Waals surface area contributed by atoms with Crippen molar-refractivity contribution in [3.8, 4) is 0 Å². The summed E-state index contributed by atoms with van der Waals surface area (Å²) in [5.41, 5.74) is 0.889. The number of nitrogens with one attached hydrogen (secondary N) is 1. The average molecular weight is 628 g/mol. The Balaban J connectivity index is 1.59. The number of tetrazole rings is 1. The zero-order valence-corrected chi connectivity index (χ0v) is 24.5. The molecule has 7 heterocycles. The second-order valence-electron chi connectivity index (χ2n) is 9.84. The number of anilines is 1. The van der Waals surface area contributed by atoms with Crippen molar-refractivity contribution in [2.75, 3.05) is 5.01 Å². The van der Waals surface area contributed by atoms with Crippen LogP contribution in [0.1, 0.15) is 34.7 Å². The van der Waals surface area contributed by atoms with E-state index in [1.807, 2.05) is 65.1 Å². The minimum atomic E-state index is -1.39. The minimum Gasteiger partial charge on any atom is -0.467 e.